The van der Waals surface area contributed by atoms with Crippen LogP contribution in [0.2, 0.25) is 0 Å². The Morgan fingerprint density at radius 3 is 2.23 bits per heavy atom. The van der Waals surface area contributed by atoms with E-state index in [1.807, 2.05) is 37.3 Å². The Balaban J connectivity index is 1.78. The van der Waals surface area contributed by atoms with Crippen molar-refractivity contribution >= 4 is 9.84 Å². The Kier molecular flexibility index (Phi) is 7.07. The number of hydrogen-bond donors (Lipinski definition) is 1. The second-order valence-corrected chi connectivity index (χ2v) is 10.1. The van der Waals surface area contributed by atoms with Gasteiger partial charge in [0.25, 0.3) is 5.56 Å². The average molecular weight is 491 g/mol. The molecule has 0 amide bonds. The SMILES string of the molecule is CCCCc1nc(=O)c(S(=O)(=O)c2ccc(-c3cnc(C)nc3)cc2)c(O)n1Cc1ccccc1. The van der Waals surface area contributed by atoms with Crippen molar-refractivity contribution in [3.63, 3.8) is 0 Å². The summed E-state index contributed by atoms with van der Waals surface area (Å²) in [6.07, 6.45) is 5.36. The molecular weight excluding hydrogens is 464 g/mol. The minimum absolute atomic E-state index is 0.115. The lowest BCUT2D eigenvalue weighted by molar-refractivity contribution is 0.388. The topological polar surface area (TPSA) is 115 Å². The maximum atomic E-state index is 13.5. The summed E-state index contributed by atoms with van der Waals surface area (Å²) in [5.74, 6) is 0.382. The smallest absolute Gasteiger partial charge is 0.296 e. The van der Waals surface area contributed by atoms with Crippen LogP contribution in [0.25, 0.3) is 11.1 Å². The van der Waals surface area contributed by atoms with E-state index in [1.165, 1.54) is 16.7 Å². The minimum Gasteiger partial charge on any atom is -0.493 e. The molecule has 0 aliphatic rings. The summed E-state index contributed by atoms with van der Waals surface area (Å²) in [5.41, 5.74) is 1.34. The van der Waals surface area contributed by atoms with Gasteiger partial charge in [0.2, 0.25) is 15.7 Å². The molecule has 0 aliphatic heterocycles. The van der Waals surface area contributed by atoms with Gasteiger partial charge in [-0.1, -0.05) is 55.8 Å². The number of nitrogens with zero attached hydrogens (tertiary/aromatic N) is 4. The third-order valence-corrected chi connectivity index (χ3v) is 7.47. The van der Waals surface area contributed by atoms with Crippen molar-refractivity contribution in [2.24, 2.45) is 0 Å². The van der Waals surface area contributed by atoms with Crippen LogP contribution in [0.5, 0.6) is 5.88 Å². The van der Waals surface area contributed by atoms with Gasteiger partial charge in [-0.25, -0.2) is 18.4 Å². The van der Waals surface area contributed by atoms with Crippen molar-refractivity contribution in [3.8, 4) is 17.0 Å². The van der Waals surface area contributed by atoms with Gasteiger partial charge < -0.3 is 5.11 Å². The van der Waals surface area contributed by atoms with Crippen LogP contribution >= 0.6 is 0 Å². The number of hydrogen-bond acceptors (Lipinski definition) is 7. The number of benzene rings is 2. The Morgan fingerprint density at radius 1 is 0.943 bits per heavy atom. The van der Waals surface area contributed by atoms with E-state index in [1.54, 1.807) is 31.5 Å². The van der Waals surface area contributed by atoms with E-state index in [0.29, 0.717) is 18.1 Å². The summed E-state index contributed by atoms with van der Waals surface area (Å²) in [6, 6.07) is 15.3. The number of aromatic hydroxyl groups is 1. The van der Waals surface area contributed by atoms with Gasteiger partial charge in [0, 0.05) is 24.4 Å². The molecule has 2 heterocycles. The Hall–Kier alpha value is -3.85. The molecule has 2 aromatic heterocycles. The normalized spacial score (nSPS) is 11.5. The highest BCUT2D eigenvalue weighted by atomic mass is 32.2. The van der Waals surface area contributed by atoms with Crippen LogP contribution in [0.4, 0.5) is 0 Å². The fourth-order valence-electron chi connectivity index (χ4n) is 3.75. The molecule has 0 aliphatic carbocycles. The van der Waals surface area contributed by atoms with Gasteiger partial charge in [-0.15, -0.1) is 0 Å². The summed E-state index contributed by atoms with van der Waals surface area (Å²) in [4.78, 5) is 24.4. The molecule has 0 saturated heterocycles. The largest absolute Gasteiger partial charge is 0.493 e. The van der Waals surface area contributed by atoms with Gasteiger partial charge in [0.1, 0.15) is 11.6 Å². The standard InChI is InChI=1S/C26H26N4O4S/c1-3-4-10-23-29-25(31)24(26(32)30(23)17-19-8-6-5-7-9-19)35(33,34)22-13-11-20(12-14-22)21-15-27-18(2)28-16-21/h5-9,11-16,32H,3-4,10,17H2,1-2H3. The molecule has 8 nitrogen and oxygen atoms in total. The van der Waals surface area contributed by atoms with Crippen LogP contribution in [0.1, 0.15) is 37.0 Å². The fraction of sp³-hybridized carbons (Fsp3) is 0.231. The molecule has 0 spiro atoms. The van der Waals surface area contributed by atoms with Gasteiger partial charge in [0.15, 0.2) is 4.90 Å². The molecule has 1 N–H and O–H groups in total. The second kappa shape index (κ2) is 10.2. The van der Waals surface area contributed by atoms with E-state index in [2.05, 4.69) is 15.0 Å². The van der Waals surface area contributed by atoms with E-state index in [4.69, 9.17) is 0 Å². The monoisotopic (exact) mass is 490 g/mol. The molecule has 35 heavy (non-hydrogen) atoms. The molecule has 4 rings (SSSR count). The van der Waals surface area contributed by atoms with Crippen molar-refractivity contribution in [1.29, 1.82) is 0 Å². The Bertz CT molecular complexity index is 1480. The predicted octanol–water partition coefficient (Wildman–Crippen LogP) is 3.94. The summed E-state index contributed by atoms with van der Waals surface area (Å²) >= 11 is 0. The molecule has 4 aromatic rings. The maximum Gasteiger partial charge on any atom is 0.296 e. The van der Waals surface area contributed by atoms with Gasteiger partial charge in [-0.05, 0) is 36.6 Å². The van der Waals surface area contributed by atoms with Crippen molar-refractivity contribution in [2.75, 3.05) is 0 Å². The highest BCUT2D eigenvalue weighted by Gasteiger charge is 2.29. The molecule has 0 saturated carbocycles. The number of aromatic nitrogens is 4. The average Bonchev–Trinajstić information content (AvgIpc) is 2.86. The predicted molar refractivity (Wildman–Crippen MR) is 132 cm³/mol. The van der Waals surface area contributed by atoms with Gasteiger partial charge >= 0.3 is 0 Å². The molecule has 9 heteroatoms. The molecule has 0 bridgehead atoms. The first-order valence-corrected chi connectivity index (χ1v) is 12.8. The van der Waals surface area contributed by atoms with Crippen molar-refractivity contribution in [1.82, 2.24) is 19.5 Å². The van der Waals surface area contributed by atoms with E-state index >= 15 is 0 Å². The Labute approximate surface area is 203 Å². The maximum absolute atomic E-state index is 13.5. The highest BCUT2D eigenvalue weighted by Crippen LogP contribution is 2.29. The zero-order chi connectivity index (χ0) is 25.0. The zero-order valence-corrected chi connectivity index (χ0v) is 20.4. The fourth-order valence-corrected chi connectivity index (χ4v) is 5.10. The van der Waals surface area contributed by atoms with Gasteiger partial charge in [-0.2, -0.15) is 4.98 Å². The molecule has 2 aromatic carbocycles. The van der Waals surface area contributed by atoms with E-state index in [-0.39, 0.29) is 11.4 Å². The van der Waals surface area contributed by atoms with Crippen LogP contribution in [0.3, 0.4) is 0 Å². The molecule has 0 unspecified atom stereocenters. The zero-order valence-electron chi connectivity index (χ0n) is 19.5. The lowest BCUT2D eigenvalue weighted by Gasteiger charge is -2.17. The summed E-state index contributed by atoms with van der Waals surface area (Å²) in [6.45, 7) is 3.97. The molecule has 0 atom stereocenters. The Morgan fingerprint density at radius 2 is 1.60 bits per heavy atom. The number of rotatable bonds is 8. The van der Waals surface area contributed by atoms with Crippen molar-refractivity contribution in [3.05, 3.63) is 94.6 Å². The van der Waals surface area contributed by atoms with Crippen LogP contribution in [0.15, 0.2) is 81.6 Å². The molecule has 180 valence electrons. The molecule has 0 radical (unpaired) electrons. The van der Waals surface area contributed by atoms with Crippen LogP contribution < -0.4 is 5.56 Å². The lowest BCUT2D eigenvalue weighted by atomic mass is 10.1. The van der Waals surface area contributed by atoms with Crippen LogP contribution in [-0.2, 0) is 22.8 Å². The van der Waals surface area contributed by atoms with E-state index < -0.39 is 26.2 Å². The number of sulfone groups is 1. The molecule has 0 fully saturated rings. The third-order valence-electron chi connectivity index (χ3n) is 5.68. The first-order chi connectivity index (χ1) is 16.8. The third kappa shape index (κ3) is 5.14. The highest BCUT2D eigenvalue weighted by molar-refractivity contribution is 7.91. The number of unbranched alkanes of at least 4 members (excludes halogenated alkanes) is 1. The van der Waals surface area contributed by atoms with Crippen molar-refractivity contribution < 1.29 is 13.5 Å². The quantitative estimate of drug-likeness (QED) is 0.398. The first kappa shape index (κ1) is 24.3. The van der Waals surface area contributed by atoms with Crippen LogP contribution in [-0.4, -0.2) is 33.0 Å². The van der Waals surface area contributed by atoms with Gasteiger partial charge in [-0.3, -0.25) is 9.36 Å². The lowest BCUT2D eigenvalue weighted by Crippen LogP contribution is -2.25. The number of aryl methyl sites for hydroxylation is 2. The van der Waals surface area contributed by atoms with Gasteiger partial charge in [0.05, 0.1) is 11.4 Å². The minimum atomic E-state index is -4.34. The van der Waals surface area contributed by atoms with E-state index in [9.17, 15) is 18.3 Å². The summed E-state index contributed by atoms with van der Waals surface area (Å²) < 4.78 is 28.3. The second-order valence-electron chi connectivity index (χ2n) is 8.21. The first-order valence-electron chi connectivity index (χ1n) is 11.3. The van der Waals surface area contributed by atoms with Crippen LogP contribution in [0, 0.1) is 6.92 Å². The summed E-state index contributed by atoms with van der Waals surface area (Å²) in [5, 5.41) is 11.1. The molecular formula is C26H26N4O4S. The van der Waals surface area contributed by atoms with E-state index in [0.717, 1.165) is 29.5 Å². The van der Waals surface area contributed by atoms with Crippen molar-refractivity contribution in [2.45, 2.75) is 49.4 Å². The summed E-state index contributed by atoms with van der Waals surface area (Å²) in [7, 11) is -4.34.